The van der Waals surface area contributed by atoms with E-state index in [-0.39, 0.29) is 16.8 Å². The van der Waals surface area contributed by atoms with Crippen LogP contribution >= 0.6 is 0 Å². The SMILES string of the molecule is CCCC1(CCC)CC(O)=C(C2(Cc3ccc(-c4nc(S(N)(=O)=O)cn4C)cc3)CC2)C(=O)O1. The molecule has 3 N–H and O–H groups in total. The number of hydrogen-bond acceptors (Lipinski definition) is 6. The van der Waals surface area contributed by atoms with Gasteiger partial charge in [-0.3, -0.25) is 0 Å². The molecule has 0 unspecified atom stereocenters. The number of ether oxygens (including phenoxy) is 1. The number of cyclic esters (lactones) is 1. The van der Waals surface area contributed by atoms with Crippen LogP contribution in [-0.2, 0) is 33.0 Å². The molecule has 0 atom stereocenters. The highest BCUT2D eigenvalue weighted by Crippen LogP contribution is 2.57. The Morgan fingerprint density at radius 1 is 1.15 bits per heavy atom. The molecule has 1 aliphatic carbocycles. The zero-order valence-corrected chi connectivity index (χ0v) is 20.8. The van der Waals surface area contributed by atoms with E-state index in [1.54, 1.807) is 11.6 Å². The summed E-state index contributed by atoms with van der Waals surface area (Å²) in [5, 5.41) is 16.0. The van der Waals surface area contributed by atoms with Crippen LogP contribution in [0.3, 0.4) is 0 Å². The van der Waals surface area contributed by atoms with Crippen LogP contribution in [0, 0.1) is 5.41 Å². The van der Waals surface area contributed by atoms with Crippen LogP contribution in [-0.4, -0.2) is 34.6 Å². The van der Waals surface area contributed by atoms with Crippen molar-refractivity contribution in [2.24, 2.45) is 17.6 Å². The highest BCUT2D eigenvalue weighted by molar-refractivity contribution is 7.89. The predicted octanol–water partition coefficient (Wildman–Crippen LogP) is 4.16. The number of hydrogen-bond donors (Lipinski definition) is 2. The van der Waals surface area contributed by atoms with E-state index < -0.39 is 21.0 Å². The zero-order valence-electron chi connectivity index (χ0n) is 20.0. The van der Waals surface area contributed by atoms with Crippen molar-refractivity contribution in [1.29, 1.82) is 0 Å². The standard InChI is InChI=1S/C25H33N3O5S/c1-4-10-25(11-5-2)15-19(29)21(23(30)33-25)24(12-13-24)14-17-6-8-18(9-7-17)22-27-20(16-28(22)3)34(26,31)32/h6-9,16,29H,4-5,10-15H2,1-3H3,(H2,26,31,32). The smallest absolute Gasteiger partial charge is 0.338 e. The molecule has 9 heteroatoms. The number of rotatable bonds is 9. The number of primary sulfonamides is 1. The largest absolute Gasteiger partial charge is 0.512 e. The minimum Gasteiger partial charge on any atom is -0.512 e. The van der Waals surface area contributed by atoms with Crippen LogP contribution in [0.25, 0.3) is 11.4 Å². The molecule has 2 heterocycles. The van der Waals surface area contributed by atoms with E-state index in [2.05, 4.69) is 18.8 Å². The number of nitrogens with zero attached hydrogens (tertiary/aromatic N) is 2. The van der Waals surface area contributed by atoms with E-state index in [0.29, 0.717) is 24.2 Å². The molecule has 1 aromatic heterocycles. The Balaban J connectivity index is 1.56. The zero-order chi connectivity index (χ0) is 24.7. The lowest BCUT2D eigenvalue weighted by atomic mass is 9.80. The van der Waals surface area contributed by atoms with Gasteiger partial charge < -0.3 is 14.4 Å². The van der Waals surface area contributed by atoms with Gasteiger partial charge in [0.15, 0.2) is 5.03 Å². The Hall–Kier alpha value is -2.65. The number of sulfonamides is 1. The average molecular weight is 488 g/mol. The maximum absolute atomic E-state index is 13.1. The van der Waals surface area contributed by atoms with E-state index >= 15 is 0 Å². The third-order valence-electron chi connectivity index (χ3n) is 6.99. The number of esters is 1. The van der Waals surface area contributed by atoms with E-state index in [1.807, 2.05) is 24.3 Å². The average Bonchev–Trinajstić information content (AvgIpc) is 3.38. The molecule has 1 aromatic carbocycles. The van der Waals surface area contributed by atoms with Crippen molar-refractivity contribution in [3.8, 4) is 11.4 Å². The van der Waals surface area contributed by atoms with Crippen molar-refractivity contribution in [2.75, 3.05) is 0 Å². The summed E-state index contributed by atoms with van der Waals surface area (Å²) in [5.74, 6) is 0.315. The van der Waals surface area contributed by atoms with Gasteiger partial charge in [0.2, 0.25) is 0 Å². The first-order valence-corrected chi connectivity index (χ1v) is 13.4. The van der Waals surface area contributed by atoms with E-state index in [9.17, 15) is 18.3 Å². The molecule has 0 spiro atoms. The highest BCUT2D eigenvalue weighted by atomic mass is 32.2. The van der Waals surface area contributed by atoms with Crippen LogP contribution in [0.15, 0.2) is 46.8 Å². The number of aryl methyl sites for hydroxylation is 1. The molecule has 0 bridgehead atoms. The first-order valence-electron chi connectivity index (χ1n) is 11.8. The quantitative estimate of drug-likeness (QED) is 0.512. The van der Waals surface area contributed by atoms with Gasteiger partial charge >= 0.3 is 5.97 Å². The third-order valence-corrected chi connectivity index (χ3v) is 7.77. The second kappa shape index (κ2) is 8.85. The molecule has 0 radical (unpaired) electrons. The molecule has 0 amide bonds. The van der Waals surface area contributed by atoms with Gasteiger partial charge in [0.1, 0.15) is 17.2 Å². The van der Waals surface area contributed by atoms with Crippen molar-refractivity contribution in [3.05, 3.63) is 47.4 Å². The van der Waals surface area contributed by atoms with Gasteiger partial charge in [0.25, 0.3) is 10.0 Å². The summed E-state index contributed by atoms with van der Waals surface area (Å²) in [5.41, 5.74) is 1.24. The van der Waals surface area contributed by atoms with Gasteiger partial charge in [0.05, 0.1) is 5.57 Å². The minimum atomic E-state index is -3.88. The fraction of sp³-hybridized carbons (Fsp3) is 0.520. The molecule has 1 fully saturated rings. The summed E-state index contributed by atoms with van der Waals surface area (Å²) < 4.78 is 30.8. The summed E-state index contributed by atoms with van der Waals surface area (Å²) in [6.07, 6.45) is 7.34. The van der Waals surface area contributed by atoms with Gasteiger partial charge in [-0.15, -0.1) is 0 Å². The molecular formula is C25H33N3O5S. The monoisotopic (exact) mass is 487 g/mol. The molecule has 1 aliphatic heterocycles. The number of benzene rings is 1. The van der Waals surface area contributed by atoms with Gasteiger partial charge in [-0.1, -0.05) is 51.0 Å². The number of aliphatic hydroxyl groups excluding tert-OH is 1. The molecule has 34 heavy (non-hydrogen) atoms. The van der Waals surface area contributed by atoms with Crippen molar-refractivity contribution in [3.63, 3.8) is 0 Å². The Kier molecular flexibility index (Phi) is 6.37. The van der Waals surface area contributed by atoms with Crippen LogP contribution in [0.2, 0.25) is 0 Å². The summed E-state index contributed by atoms with van der Waals surface area (Å²) in [6, 6.07) is 7.65. The first-order chi connectivity index (χ1) is 16.0. The van der Waals surface area contributed by atoms with Gasteiger partial charge in [-0.2, -0.15) is 0 Å². The van der Waals surface area contributed by atoms with Crippen LogP contribution in [0.5, 0.6) is 0 Å². The summed E-state index contributed by atoms with van der Waals surface area (Å²) in [4.78, 5) is 17.2. The molecule has 8 nitrogen and oxygen atoms in total. The number of aliphatic hydroxyl groups is 1. The maximum Gasteiger partial charge on any atom is 0.338 e. The summed E-state index contributed by atoms with van der Waals surface area (Å²) in [6.45, 7) is 4.13. The number of carbonyl (C=O) groups is 1. The van der Waals surface area contributed by atoms with E-state index in [4.69, 9.17) is 9.88 Å². The van der Waals surface area contributed by atoms with Gasteiger partial charge in [-0.05, 0) is 37.7 Å². The van der Waals surface area contributed by atoms with Crippen LogP contribution in [0.1, 0.15) is 64.4 Å². The topological polar surface area (TPSA) is 125 Å². The first kappa shape index (κ1) is 24.5. The minimum absolute atomic E-state index is 0.175. The highest BCUT2D eigenvalue weighted by Gasteiger charge is 2.54. The maximum atomic E-state index is 13.1. The molecule has 2 aromatic rings. The van der Waals surface area contributed by atoms with E-state index in [0.717, 1.165) is 49.7 Å². The number of imidazole rings is 1. The Bertz CT molecular complexity index is 1220. The van der Waals surface area contributed by atoms with E-state index in [1.165, 1.54) is 6.20 Å². The lowest BCUT2D eigenvalue weighted by Gasteiger charge is -2.38. The number of aromatic nitrogens is 2. The molecular weight excluding hydrogens is 454 g/mol. The lowest BCUT2D eigenvalue weighted by Crippen LogP contribution is -2.42. The van der Waals surface area contributed by atoms with Crippen LogP contribution < -0.4 is 5.14 Å². The molecule has 0 saturated heterocycles. The normalized spacial score (nSPS) is 19.2. The lowest BCUT2D eigenvalue weighted by molar-refractivity contribution is -0.162. The van der Waals surface area contributed by atoms with Gasteiger partial charge in [0, 0.05) is 30.6 Å². The molecule has 1 saturated carbocycles. The fourth-order valence-corrected chi connectivity index (χ4v) is 5.82. The van der Waals surface area contributed by atoms with Crippen molar-refractivity contribution >= 4 is 16.0 Å². The molecule has 4 rings (SSSR count). The fourth-order valence-electron chi connectivity index (χ4n) is 5.31. The van der Waals surface area contributed by atoms with Crippen molar-refractivity contribution < 1.29 is 23.1 Å². The Morgan fingerprint density at radius 2 is 1.76 bits per heavy atom. The second-order valence-electron chi connectivity index (χ2n) is 9.78. The Labute approximate surface area is 200 Å². The molecule has 184 valence electrons. The number of carbonyl (C=O) groups excluding carboxylic acids is 1. The number of nitrogens with two attached hydrogens (primary N) is 1. The predicted molar refractivity (Wildman–Crippen MR) is 128 cm³/mol. The van der Waals surface area contributed by atoms with Gasteiger partial charge in [-0.25, -0.2) is 23.3 Å². The molecule has 2 aliphatic rings. The summed E-state index contributed by atoms with van der Waals surface area (Å²) in [7, 11) is -2.17. The Morgan fingerprint density at radius 3 is 2.24 bits per heavy atom. The summed E-state index contributed by atoms with van der Waals surface area (Å²) >= 11 is 0. The van der Waals surface area contributed by atoms with Crippen molar-refractivity contribution in [1.82, 2.24) is 9.55 Å². The van der Waals surface area contributed by atoms with Crippen LogP contribution in [0.4, 0.5) is 0 Å². The second-order valence-corrected chi connectivity index (χ2v) is 11.3. The third kappa shape index (κ3) is 4.63. The van der Waals surface area contributed by atoms with Crippen molar-refractivity contribution in [2.45, 2.75) is 75.8 Å².